The van der Waals surface area contributed by atoms with Crippen LogP contribution in [0.4, 0.5) is 21.9 Å². The lowest BCUT2D eigenvalue weighted by Gasteiger charge is -2.36. The number of hydrogen-bond acceptors (Lipinski definition) is 3. The van der Waals surface area contributed by atoms with E-state index in [9.17, 15) is 9.59 Å². The molecule has 172 valence electrons. The van der Waals surface area contributed by atoms with Gasteiger partial charge in [-0.05, 0) is 42.3 Å². The van der Waals surface area contributed by atoms with Gasteiger partial charge in [-0.15, -0.1) is 0 Å². The number of nitrogens with one attached hydrogen (secondary N) is 2. The Hall–Kier alpha value is -2.44. The Morgan fingerprint density at radius 1 is 0.969 bits per heavy atom. The second-order valence-electron chi connectivity index (χ2n) is 8.19. The first-order valence-electron chi connectivity index (χ1n) is 11.0. The molecule has 2 aromatic rings. The average molecular weight is 477 g/mol. The van der Waals surface area contributed by atoms with E-state index in [0.29, 0.717) is 54.3 Å². The summed E-state index contributed by atoms with van der Waals surface area (Å²) < 4.78 is 0. The standard InChI is InChI=1S/C24H30Cl2N4O2/c1-3-5-17(2)16-22(31)27-18-8-10-19(11-9-18)29-12-14-30(15-13-29)24(32)28-23-20(25)6-4-7-21(23)26/h4,6-11,17H,3,5,12-16H2,1-2H3,(H,27,31)(H,28,32). The first-order valence-corrected chi connectivity index (χ1v) is 11.8. The molecule has 1 aliphatic heterocycles. The number of benzene rings is 2. The molecular formula is C24H30Cl2N4O2. The number of rotatable bonds is 7. The normalized spacial score (nSPS) is 14.8. The minimum Gasteiger partial charge on any atom is -0.368 e. The Kier molecular flexibility index (Phi) is 8.65. The molecule has 32 heavy (non-hydrogen) atoms. The molecule has 3 amide bonds. The van der Waals surface area contributed by atoms with Gasteiger partial charge in [-0.25, -0.2) is 4.79 Å². The molecular weight excluding hydrogens is 447 g/mol. The lowest BCUT2D eigenvalue weighted by Crippen LogP contribution is -2.50. The Morgan fingerprint density at radius 2 is 1.59 bits per heavy atom. The van der Waals surface area contributed by atoms with Crippen molar-refractivity contribution in [2.45, 2.75) is 33.1 Å². The summed E-state index contributed by atoms with van der Waals surface area (Å²) >= 11 is 12.3. The van der Waals surface area contributed by atoms with Crippen molar-refractivity contribution >= 4 is 52.2 Å². The molecule has 0 radical (unpaired) electrons. The quantitative estimate of drug-likeness (QED) is 0.506. The van der Waals surface area contributed by atoms with E-state index in [1.807, 2.05) is 24.3 Å². The van der Waals surface area contributed by atoms with Gasteiger partial charge in [0.15, 0.2) is 0 Å². The van der Waals surface area contributed by atoms with Crippen molar-refractivity contribution in [3.05, 3.63) is 52.5 Å². The van der Waals surface area contributed by atoms with Crippen LogP contribution in [0.15, 0.2) is 42.5 Å². The highest BCUT2D eigenvalue weighted by Gasteiger charge is 2.22. The zero-order chi connectivity index (χ0) is 23.1. The number of amides is 3. The fraction of sp³-hybridized carbons (Fsp3) is 0.417. The Bertz CT molecular complexity index is 908. The first kappa shape index (κ1) is 24.2. The average Bonchev–Trinajstić information content (AvgIpc) is 2.77. The van der Waals surface area contributed by atoms with Crippen molar-refractivity contribution in [3.63, 3.8) is 0 Å². The molecule has 0 spiro atoms. The van der Waals surface area contributed by atoms with Crippen LogP contribution in [-0.2, 0) is 4.79 Å². The predicted molar refractivity (Wildman–Crippen MR) is 133 cm³/mol. The number of anilines is 3. The van der Waals surface area contributed by atoms with E-state index in [1.54, 1.807) is 23.1 Å². The summed E-state index contributed by atoms with van der Waals surface area (Å²) in [6, 6.07) is 12.8. The van der Waals surface area contributed by atoms with Gasteiger partial charge in [0.2, 0.25) is 5.91 Å². The molecule has 0 aliphatic carbocycles. The van der Waals surface area contributed by atoms with Gasteiger partial charge < -0.3 is 20.4 Å². The highest BCUT2D eigenvalue weighted by Crippen LogP contribution is 2.30. The van der Waals surface area contributed by atoms with Gasteiger partial charge in [0, 0.05) is 44.0 Å². The molecule has 1 saturated heterocycles. The minimum atomic E-state index is -0.213. The molecule has 0 aromatic heterocycles. The number of piperazine rings is 1. The number of carbonyl (C=O) groups is 2. The van der Waals surface area contributed by atoms with E-state index in [2.05, 4.69) is 29.4 Å². The topological polar surface area (TPSA) is 64.7 Å². The fourth-order valence-electron chi connectivity index (χ4n) is 3.85. The van der Waals surface area contributed by atoms with Gasteiger partial charge in [-0.2, -0.15) is 0 Å². The first-order chi connectivity index (χ1) is 15.4. The molecule has 1 unspecified atom stereocenters. The molecule has 8 heteroatoms. The van der Waals surface area contributed by atoms with E-state index in [-0.39, 0.29) is 11.9 Å². The Balaban J connectivity index is 1.49. The van der Waals surface area contributed by atoms with E-state index in [0.717, 1.165) is 24.2 Å². The summed E-state index contributed by atoms with van der Waals surface area (Å²) in [5.41, 5.74) is 2.30. The lowest BCUT2D eigenvalue weighted by atomic mass is 10.0. The zero-order valence-corrected chi connectivity index (χ0v) is 20.0. The van der Waals surface area contributed by atoms with Crippen molar-refractivity contribution < 1.29 is 9.59 Å². The molecule has 0 bridgehead atoms. The van der Waals surface area contributed by atoms with Gasteiger partial charge >= 0.3 is 6.03 Å². The van der Waals surface area contributed by atoms with E-state index in [4.69, 9.17) is 23.2 Å². The second-order valence-corrected chi connectivity index (χ2v) is 9.01. The summed E-state index contributed by atoms with van der Waals surface area (Å²) in [5, 5.41) is 6.62. The molecule has 6 nitrogen and oxygen atoms in total. The van der Waals surface area contributed by atoms with Gasteiger partial charge in [0.05, 0.1) is 15.7 Å². The molecule has 0 saturated carbocycles. The third-order valence-corrected chi connectivity index (χ3v) is 6.22. The zero-order valence-electron chi connectivity index (χ0n) is 18.5. The maximum absolute atomic E-state index is 12.6. The van der Waals surface area contributed by atoms with Crippen molar-refractivity contribution in [2.75, 3.05) is 41.7 Å². The van der Waals surface area contributed by atoms with E-state index in [1.165, 1.54) is 0 Å². The van der Waals surface area contributed by atoms with Crippen LogP contribution >= 0.6 is 23.2 Å². The fourth-order valence-corrected chi connectivity index (χ4v) is 4.34. The monoisotopic (exact) mass is 476 g/mol. The smallest absolute Gasteiger partial charge is 0.322 e. The van der Waals surface area contributed by atoms with E-state index < -0.39 is 0 Å². The number of hydrogen-bond donors (Lipinski definition) is 2. The van der Waals surface area contributed by atoms with Crippen LogP contribution in [0.1, 0.15) is 33.1 Å². The summed E-state index contributed by atoms with van der Waals surface area (Å²) in [4.78, 5) is 28.8. The largest absolute Gasteiger partial charge is 0.368 e. The van der Waals surface area contributed by atoms with Gasteiger partial charge in [-0.3, -0.25) is 4.79 Å². The van der Waals surface area contributed by atoms with Crippen LogP contribution in [0.2, 0.25) is 10.0 Å². The summed E-state index contributed by atoms with van der Waals surface area (Å²) in [7, 11) is 0. The highest BCUT2D eigenvalue weighted by molar-refractivity contribution is 6.39. The highest BCUT2D eigenvalue weighted by atomic mass is 35.5. The van der Waals surface area contributed by atoms with Gasteiger partial charge in [0.1, 0.15) is 0 Å². The minimum absolute atomic E-state index is 0.0527. The van der Waals surface area contributed by atoms with Gasteiger partial charge in [-0.1, -0.05) is 56.0 Å². The summed E-state index contributed by atoms with van der Waals surface area (Å²) in [6.07, 6.45) is 2.69. The van der Waals surface area contributed by atoms with E-state index >= 15 is 0 Å². The van der Waals surface area contributed by atoms with Crippen LogP contribution in [0, 0.1) is 5.92 Å². The van der Waals surface area contributed by atoms with Crippen LogP contribution in [0.5, 0.6) is 0 Å². The van der Waals surface area contributed by atoms with Crippen molar-refractivity contribution in [2.24, 2.45) is 5.92 Å². The molecule has 2 N–H and O–H groups in total. The lowest BCUT2D eigenvalue weighted by molar-refractivity contribution is -0.117. The number of carbonyl (C=O) groups excluding carboxylic acids is 2. The van der Waals surface area contributed by atoms with Crippen molar-refractivity contribution in [1.82, 2.24) is 4.90 Å². The number of halogens is 2. The number of para-hydroxylation sites is 1. The Labute approximate surface area is 199 Å². The second kappa shape index (κ2) is 11.4. The third-order valence-electron chi connectivity index (χ3n) is 5.59. The van der Waals surface area contributed by atoms with Crippen molar-refractivity contribution in [1.29, 1.82) is 0 Å². The third kappa shape index (κ3) is 6.53. The molecule has 1 aliphatic rings. The SMILES string of the molecule is CCCC(C)CC(=O)Nc1ccc(N2CCN(C(=O)Nc3c(Cl)cccc3Cl)CC2)cc1. The maximum atomic E-state index is 12.6. The number of urea groups is 1. The van der Waals surface area contributed by atoms with Crippen LogP contribution in [0.25, 0.3) is 0 Å². The van der Waals surface area contributed by atoms with Crippen LogP contribution < -0.4 is 15.5 Å². The van der Waals surface area contributed by atoms with Crippen LogP contribution in [0.3, 0.4) is 0 Å². The summed E-state index contributed by atoms with van der Waals surface area (Å²) in [5.74, 6) is 0.443. The summed E-state index contributed by atoms with van der Waals surface area (Å²) in [6.45, 7) is 6.83. The molecule has 1 heterocycles. The molecule has 1 fully saturated rings. The molecule has 3 rings (SSSR count). The Morgan fingerprint density at radius 3 is 2.19 bits per heavy atom. The van der Waals surface area contributed by atoms with Gasteiger partial charge in [0.25, 0.3) is 0 Å². The van der Waals surface area contributed by atoms with Crippen LogP contribution in [-0.4, -0.2) is 43.0 Å². The molecule has 1 atom stereocenters. The maximum Gasteiger partial charge on any atom is 0.322 e. The number of nitrogens with zero attached hydrogens (tertiary/aromatic N) is 2. The van der Waals surface area contributed by atoms with Crippen molar-refractivity contribution in [3.8, 4) is 0 Å². The molecule has 2 aromatic carbocycles. The predicted octanol–water partition coefficient (Wildman–Crippen LogP) is 6.11.